The number of fused-ring (bicyclic) bond motifs is 1. The quantitative estimate of drug-likeness (QED) is 0.899. The SMILES string of the molecule is CC1CCC(C[C@@H](C)NC(=O)c2n[nH]c3ccccc23)CC1. The number of hydrogen-bond donors (Lipinski definition) is 2. The van der Waals surface area contributed by atoms with E-state index in [-0.39, 0.29) is 11.9 Å². The number of nitrogens with zero attached hydrogens (tertiary/aromatic N) is 1. The Hall–Kier alpha value is -1.84. The molecule has 118 valence electrons. The van der Waals surface area contributed by atoms with Crippen molar-refractivity contribution < 1.29 is 4.79 Å². The topological polar surface area (TPSA) is 57.8 Å². The molecule has 22 heavy (non-hydrogen) atoms. The van der Waals surface area contributed by atoms with Gasteiger partial charge in [-0.05, 0) is 31.2 Å². The summed E-state index contributed by atoms with van der Waals surface area (Å²) in [4.78, 5) is 12.4. The van der Waals surface area contributed by atoms with Crippen LogP contribution in [0.1, 0.15) is 56.4 Å². The molecule has 0 aliphatic heterocycles. The summed E-state index contributed by atoms with van der Waals surface area (Å²) in [6, 6.07) is 7.93. The van der Waals surface area contributed by atoms with E-state index in [4.69, 9.17) is 0 Å². The minimum atomic E-state index is -0.0749. The molecule has 0 bridgehead atoms. The number of rotatable bonds is 4. The third-order valence-corrected chi connectivity index (χ3v) is 4.89. The maximum Gasteiger partial charge on any atom is 0.272 e. The fourth-order valence-corrected chi connectivity index (χ4v) is 3.55. The molecule has 0 radical (unpaired) electrons. The van der Waals surface area contributed by atoms with E-state index in [0.717, 1.165) is 29.2 Å². The predicted octanol–water partition coefficient (Wildman–Crippen LogP) is 3.90. The second-order valence-corrected chi connectivity index (χ2v) is 6.85. The zero-order valence-electron chi connectivity index (χ0n) is 13.4. The van der Waals surface area contributed by atoms with E-state index < -0.39 is 0 Å². The molecule has 1 atom stereocenters. The van der Waals surface area contributed by atoms with Crippen LogP contribution in [0.2, 0.25) is 0 Å². The molecular weight excluding hydrogens is 274 g/mol. The zero-order chi connectivity index (χ0) is 15.5. The summed E-state index contributed by atoms with van der Waals surface area (Å²) < 4.78 is 0. The molecule has 3 rings (SSSR count). The molecule has 2 aromatic rings. The third-order valence-electron chi connectivity index (χ3n) is 4.89. The Labute approximate surface area is 131 Å². The Morgan fingerprint density at radius 2 is 2.05 bits per heavy atom. The first-order chi connectivity index (χ1) is 10.6. The lowest BCUT2D eigenvalue weighted by atomic mass is 9.80. The van der Waals surface area contributed by atoms with Gasteiger partial charge in [-0.1, -0.05) is 50.8 Å². The lowest BCUT2D eigenvalue weighted by Gasteiger charge is -2.28. The third kappa shape index (κ3) is 3.32. The number of aromatic amines is 1. The van der Waals surface area contributed by atoms with E-state index in [9.17, 15) is 4.79 Å². The maximum absolute atomic E-state index is 12.4. The highest BCUT2D eigenvalue weighted by Crippen LogP contribution is 2.31. The number of para-hydroxylation sites is 1. The smallest absolute Gasteiger partial charge is 0.272 e. The van der Waals surface area contributed by atoms with Gasteiger partial charge in [0.2, 0.25) is 0 Å². The second kappa shape index (κ2) is 6.51. The fraction of sp³-hybridized carbons (Fsp3) is 0.556. The Balaban J connectivity index is 1.59. The molecule has 1 saturated carbocycles. The van der Waals surface area contributed by atoms with Crippen LogP contribution in [0.5, 0.6) is 0 Å². The highest BCUT2D eigenvalue weighted by Gasteiger charge is 2.22. The van der Waals surface area contributed by atoms with Gasteiger partial charge in [-0.3, -0.25) is 9.89 Å². The normalized spacial score (nSPS) is 23.4. The Bertz CT molecular complexity index is 641. The number of carbonyl (C=O) groups is 1. The van der Waals surface area contributed by atoms with Crippen molar-refractivity contribution in [2.75, 3.05) is 0 Å². The van der Waals surface area contributed by atoms with Crippen LogP contribution in [0.4, 0.5) is 0 Å². The van der Waals surface area contributed by atoms with Crippen LogP contribution >= 0.6 is 0 Å². The van der Waals surface area contributed by atoms with Crippen molar-refractivity contribution in [3.63, 3.8) is 0 Å². The molecular formula is C18H25N3O. The van der Waals surface area contributed by atoms with Gasteiger partial charge in [-0.2, -0.15) is 5.10 Å². The van der Waals surface area contributed by atoms with Crippen molar-refractivity contribution in [2.45, 2.75) is 52.0 Å². The monoisotopic (exact) mass is 299 g/mol. The summed E-state index contributed by atoms with van der Waals surface area (Å²) in [5.41, 5.74) is 1.40. The minimum Gasteiger partial charge on any atom is -0.348 e. The van der Waals surface area contributed by atoms with Crippen molar-refractivity contribution in [2.24, 2.45) is 11.8 Å². The van der Waals surface area contributed by atoms with Gasteiger partial charge in [-0.15, -0.1) is 0 Å². The minimum absolute atomic E-state index is 0.0749. The molecule has 1 aromatic heterocycles. The van der Waals surface area contributed by atoms with Crippen molar-refractivity contribution in [3.8, 4) is 0 Å². The summed E-state index contributed by atoms with van der Waals surface area (Å²) in [7, 11) is 0. The molecule has 1 heterocycles. The highest BCUT2D eigenvalue weighted by molar-refractivity contribution is 6.04. The Morgan fingerprint density at radius 1 is 1.32 bits per heavy atom. The van der Waals surface area contributed by atoms with E-state index in [1.165, 1.54) is 25.7 Å². The van der Waals surface area contributed by atoms with Gasteiger partial charge < -0.3 is 5.32 Å². The van der Waals surface area contributed by atoms with Gasteiger partial charge in [0, 0.05) is 11.4 Å². The van der Waals surface area contributed by atoms with Gasteiger partial charge in [-0.25, -0.2) is 0 Å². The standard InChI is InChI=1S/C18H25N3O/c1-12-7-9-14(10-8-12)11-13(2)19-18(22)17-15-5-3-4-6-16(15)20-21-17/h3-6,12-14H,7-11H2,1-2H3,(H,19,22)(H,20,21)/t12?,13-,14?/m1/s1. The van der Waals surface area contributed by atoms with Crippen molar-refractivity contribution in [3.05, 3.63) is 30.0 Å². The maximum atomic E-state index is 12.4. The first-order valence-electron chi connectivity index (χ1n) is 8.37. The molecule has 4 nitrogen and oxygen atoms in total. The molecule has 0 unspecified atom stereocenters. The van der Waals surface area contributed by atoms with Gasteiger partial charge in [0.25, 0.3) is 5.91 Å². The Morgan fingerprint density at radius 3 is 2.82 bits per heavy atom. The first-order valence-corrected chi connectivity index (χ1v) is 8.37. The summed E-state index contributed by atoms with van der Waals surface area (Å²) in [6.07, 6.45) is 6.32. The van der Waals surface area contributed by atoms with Crippen LogP contribution in [0.25, 0.3) is 10.9 Å². The number of carbonyl (C=O) groups excluding carboxylic acids is 1. The number of hydrogen-bond acceptors (Lipinski definition) is 2. The predicted molar refractivity (Wildman–Crippen MR) is 88.8 cm³/mol. The zero-order valence-corrected chi connectivity index (χ0v) is 13.4. The van der Waals surface area contributed by atoms with Crippen LogP contribution in [0, 0.1) is 11.8 Å². The molecule has 1 aliphatic rings. The summed E-state index contributed by atoms with van der Waals surface area (Å²) in [5, 5.41) is 11.1. The van der Waals surface area contributed by atoms with E-state index in [2.05, 4.69) is 29.4 Å². The lowest BCUT2D eigenvalue weighted by Crippen LogP contribution is -2.35. The van der Waals surface area contributed by atoms with Gasteiger partial charge in [0.1, 0.15) is 0 Å². The van der Waals surface area contributed by atoms with Crippen molar-refractivity contribution in [1.29, 1.82) is 0 Å². The number of amides is 1. The van der Waals surface area contributed by atoms with Crippen molar-refractivity contribution in [1.82, 2.24) is 15.5 Å². The largest absolute Gasteiger partial charge is 0.348 e. The van der Waals surface area contributed by atoms with Crippen LogP contribution < -0.4 is 5.32 Å². The van der Waals surface area contributed by atoms with E-state index in [1.807, 2.05) is 24.3 Å². The number of nitrogens with one attached hydrogen (secondary N) is 2. The number of aromatic nitrogens is 2. The van der Waals surface area contributed by atoms with Crippen LogP contribution in [-0.4, -0.2) is 22.1 Å². The molecule has 0 spiro atoms. The first kappa shape index (κ1) is 15.1. The summed E-state index contributed by atoms with van der Waals surface area (Å²) in [6.45, 7) is 4.44. The van der Waals surface area contributed by atoms with Crippen molar-refractivity contribution >= 4 is 16.8 Å². The van der Waals surface area contributed by atoms with E-state index >= 15 is 0 Å². The molecule has 1 aromatic carbocycles. The molecule has 1 amide bonds. The van der Waals surface area contributed by atoms with Crippen LogP contribution in [0.15, 0.2) is 24.3 Å². The average molecular weight is 299 g/mol. The molecule has 2 N–H and O–H groups in total. The average Bonchev–Trinajstić information content (AvgIpc) is 2.93. The van der Waals surface area contributed by atoms with Gasteiger partial charge in [0.15, 0.2) is 5.69 Å². The molecule has 1 aliphatic carbocycles. The van der Waals surface area contributed by atoms with Gasteiger partial charge in [0.05, 0.1) is 5.52 Å². The van der Waals surface area contributed by atoms with E-state index in [0.29, 0.717) is 5.69 Å². The molecule has 0 saturated heterocycles. The molecule has 1 fully saturated rings. The summed E-state index contributed by atoms with van der Waals surface area (Å²) >= 11 is 0. The summed E-state index contributed by atoms with van der Waals surface area (Å²) in [5.74, 6) is 1.55. The number of benzene rings is 1. The fourth-order valence-electron chi connectivity index (χ4n) is 3.55. The second-order valence-electron chi connectivity index (χ2n) is 6.85. The molecule has 4 heteroatoms. The van der Waals surface area contributed by atoms with Crippen LogP contribution in [0.3, 0.4) is 0 Å². The highest BCUT2D eigenvalue weighted by atomic mass is 16.2. The lowest BCUT2D eigenvalue weighted by molar-refractivity contribution is 0.0928. The van der Waals surface area contributed by atoms with Crippen LogP contribution in [-0.2, 0) is 0 Å². The van der Waals surface area contributed by atoms with Gasteiger partial charge >= 0.3 is 0 Å². The Kier molecular flexibility index (Phi) is 4.46. The number of H-pyrrole nitrogens is 1. The van der Waals surface area contributed by atoms with E-state index in [1.54, 1.807) is 0 Å².